The van der Waals surface area contributed by atoms with Crippen LogP contribution in [0.4, 0.5) is 5.69 Å². The van der Waals surface area contributed by atoms with E-state index in [2.05, 4.69) is 21.6 Å². The molecule has 0 spiro atoms. The number of fused-ring (bicyclic) bond motifs is 1. The Labute approximate surface area is 104 Å². The van der Waals surface area contributed by atoms with Gasteiger partial charge in [0.05, 0.1) is 10.6 Å². The van der Waals surface area contributed by atoms with Gasteiger partial charge in [-0.2, -0.15) is 0 Å². The lowest BCUT2D eigenvalue weighted by atomic mass is 10.3. The van der Waals surface area contributed by atoms with Gasteiger partial charge in [-0.3, -0.25) is 4.72 Å². The highest BCUT2D eigenvalue weighted by molar-refractivity contribution is 7.98. The first-order chi connectivity index (χ1) is 7.69. The van der Waals surface area contributed by atoms with Crippen LogP contribution in [0.25, 0.3) is 0 Å². The van der Waals surface area contributed by atoms with Crippen molar-refractivity contribution >= 4 is 35.2 Å². The van der Waals surface area contributed by atoms with Gasteiger partial charge in [0.25, 0.3) is 0 Å². The van der Waals surface area contributed by atoms with E-state index in [4.69, 9.17) is 11.6 Å². The summed E-state index contributed by atoms with van der Waals surface area (Å²) in [5.41, 5.74) is 1.85. The fourth-order valence-corrected chi connectivity index (χ4v) is 2.16. The molecule has 1 aromatic rings. The van der Waals surface area contributed by atoms with E-state index >= 15 is 0 Å². The molecule has 0 bridgehead atoms. The van der Waals surface area contributed by atoms with Gasteiger partial charge in [-0.15, -0.1) is 0 Å². The van der Waals surface area contributed by atoms with E-state index in [9.17, 15) is 0 Å². The van der Waals surface area contributed by atoms with Crippen molar-refractivity contribution in [1.29, 1.82) is 0 Å². The molecule has 0 aromatic heterocycles. The zero-order chi connectivity index (χ0) is 11.5. The average Bonchev–Trinajstić information content (AvgIpc) is 2.29. The molecule has 16 heavy (non-hydrogen) atoms. The number of halogens is 1. The highest BCUT2D eigenvalue weighted by atomic mass is 35.5. The minimum absolute atomic E-state index is 0.715. The second kappa shape index (κ2) is 4.80. The smallest absolute Gasteiger partial charge is 0.211 e. The average molecular weight is 254 g/mol. The summed E-state index contributed by atoms with van der Waals surface area (Å²) in [6.45, 7) is 5.92. The zero-order valence-corrected chi connectivity index (χ0v) is 10.5. The van der Waals surface area contributed by atoms with E-state index in [1.54, 1.807) is 0 Å². The maximum Gasteiger partial charge on any atom is 0.211 e. The van der Waals surface area contributed by atoms with Crippen LogP contribution in [-0.4, -0.2) is 5.96 Å². The molecule has 0 saturated heterocycles. The van der Waals surface area contributed by atoms with E-state index in [1.807, 2.05) is 25.1 Å². The number of nitrogens with zero attached hydrogens (tertiary/aromatic N) is 1. The Morgan fingerprint density at radius 2 is 2.44 bits per heavy atom. The summed E-state index contributed by atoms with van der Waals surface area (Å²) in [6, 6.07) is 5.63. The predicted octanol–water partition coefficient (Wildman–Crippen LogP) is 3.45. The first kappa shape index (κ1) is 11.4. The molecule has 0 fully saturated rings. The van der Waals surface area contributed by atoms with E-state index < -0.39 is 0 Å². The van der Waals surface area contributed by atoms with Crippen molar-refractivity contribution in [2.45, 2.75) is 18.2 Å². The van der Waals surface area contributed by atoms with Crippen molar-refractivity contribution in [1.82, 2.24) is 10.0 Å². The van der Waals surface area contributed by atoms with Crippen LogP contribution in [0.3, 0.4) is 0 Å². The third-order valence-corrected chi connectivity index (χ3v) is 3.21. The molecule has 0 amide bonds. The SMILES string of the molecule is C=C(CC)NC1=Nc2ccc(Cl)cc2SN1. The Kier molecular flexibility index (Phi) is 3.41. The van der Waals surface area contributed by atoms with Crippen LogP contribution in [0.15, 0.2) is 40.4 Å². The third-order valence-electron chi connectivity index (χ3n) is 2.13. The quantitative estimate of drug-likeness (QED) is 0.793. The van der Waals surface area contributed by atoms with E-state index in [0.717, 1.165) is 27.7 Å². The zero-order valence-electron chi connectivity index (χ0n) is 8.88. The van der Waals surface area contributed by atoms with Gasteiger partial charge in [0.1, 0.15) is 0 Å². The summed E-state index contributed by atoms with van der Waals surface area (Å²) >= 11 is 7.40. The van der Waals surface area contributed by atoms with Gasteiger partial charge in [-0.25, -0.2) is 4.99 Å². The lowest BCUT2D eigenvalue weighted by Crippen LogP contribution is -2.33. The van der Waals surface area contributed by atoms with Gasteiger partial charge >= 0.3 is 0 Å². The van der Waals surface area contributed by atoms with Crippen LogP contribution in [0, 0.1) is 0 Å². The van der Waals surface area contributed by atoms with Crippen molar-refractivity contribution in [3.63, 3.8) is 0 Å². The molecule has 0 unspecified atom stereocenters. The lowest BCUT2D eigenvalue weighted by Gasteiger charge is -2.18. The van der Waals surface area contributed by atoms with Gasteiger partial charge in [-0.1, -0.05) is 25.1 Å². The number of hydrogen-bond acceptors (Lipinski definition) is 4. The Hall–Kier alpha value is -1.13. The number of hydrogen-bond donors (Lipinski definition) is 2. The molecule has 84 valence electrons. The minimum atomic E-state index is 0.715. The Balaban J connectivity index is 2.21. The van der Waals surface area contributed by atoms with Crippen LogP contribution in [0.2, 0.25) is 5.02 Å². The van der Waals surface area contributed by atoms with Crippen LogP contribution in [0.1, 0.15) is 13.3 Å². The van der Waals surface area contributed by atoms with Gasteiger partial charge in [-0.05, 0) is 36.6 Å². The summed E-state index contributed by atoms with van der Waals surface area (Å²) in [6.07, 6.45) is 0.874. The fourth-order valence-electron chi connectivity index (χ4n) is 1.22. The first-order valence-electron chi connectivity index (χ1n) is 4.95. The van der Waals surface area contributed by atoms with Gasteiger partial charge < -0.3 is 5.32 Å². The molecule has 1 heterocycles. The Bertz CT molecular complexity index is 457. The monoisotopic (exact) mass is 253 g/mol. The summed E-state index contributed by atoms with van der Waals surface area (Å²) in [7, 11) is 0. The number of benzene rings is 1. The summed E-state index contributed by atoms with van der Waals surface area (Å²) < 4.78 is 3.10. The highest BCUT2D eigenvalue weighted by Gasteiger charge is 2.12. The van der Waals surface area contributed by atoms with Crippen molar-refractivity contribution in [2.24, 2.45) is 4.99 Å². The number of rotatable bonds is 2. The molecule has 1 aliphatic rings. The molecule has 1 aromatic carbocycles. The third kappa shape index (κ3) is 2.51. The number of allylic oxidation sites excluding steroid dienone is 1. The van der Waals surface area contributed by atoms with Gasteiger partial charge in [0, 0.05) is 10.7 Å². The largest absolute Gasteiger partial charge is 0.330 e. The molecule has 0 atom stereocenters. The fraction of sp³-hybridized carbons (Fsp3) is 0.182. The summed E-state index contributed by atoms with van der Waals surface area (Å²) in [4.78, 5) is 5.46. The Morgan fingerprint density at radius 1 is 1.62 bits per heavy atom. The predicted molar refractivity (Wildman–Crippen MR) is 70.1 cm³/mol. The summed E-state index contributed by atoms with van der Waals surface area (Å²) in [5.74, 6) is 0.715. The van der Waals surface area contributed by atoms with Crippen LogP contribution < -0.4 is 10.0 Å². The molecular weight excluding hydrogens is 242 g/mol. The van der Waals surface area contributed by atoms with Crippen LogP contribution in [-0.2, 0) is 0 Å². The molecule has 0 radical (unpaired) electrons. The van der Waals surface area contributed by atoms with Crippen molar-refractivity contribution in [3.8, 4) is 0 Å². The molecule has 5 heteroatoms. The lowest BCUT2D eigenvalue weighted by molar-refractivity contribution is 0.964. The van der Waals surface area contributed by atoms with Crippen molar-refractivity contribution in [2.75, 3.05) is 0 Å². The van der Waals surface area contributed by atoms with Crippen molar-refractivity contribution in [3.05, 3.63) is 35.5 Å². The highest BCUT2D eigenvalue weighted by Crippen LogP contribution is 2.33. The second-order valence-electron chi connectivity index (χ2n) is 3.36. The van der Waals surface area contributed by atoms with E-state index in [-0.39, 0.29) is 0 Å². The van der Waals surface area contributed by atoms with Gasteiger partial charge in [0.2, 0.25) is 5.96 Å². The molecule has 2 N–H and O–H groups in total. The minimum Gasteiger partial charge on any atom is -0.330 e. The standard InChI is InChI=1S/C11H12ClN3S/c1-3-7(2)13-11-14-9-5-4-8(12)6-10(9)16-15-11/h4-6H,2-3H2,1H3,(H2,13,14,15). The van der Waals surface area contributed by atoms with Crippen LogP contribution in [0.5, 0.6) is 0 Å². The first-order valence-corrected chi connectivity index (χ1v) is 6.14. The number of nitrogens with one attached hydrogen (secondary N) is 2. The topological polar surface area (TPSA) is 36.4 Å². The molecule has 1 aliphatic heterocycles. The van der Waals surface area contributed by atoms with E-state index in [0.29, 0.717) is 5.96 Å². The number of aliphatic imine (C=N–C) groups is 1. The molecule has 3 nitrogen and oxygen atoms in total. The molecule has 0 saturated carbocycles. The maximum atomic E-state index is 5.90. The molecule has 0 aliphatic carbocycles. The molecular formula is C11H12ClN3S. The second-order valence-corrected chi connectivity index (χ2v) is 4.64. The summed E-state index contributed by atoms with van der Waals surface area (Å²) in [5, 5.41) is 3.83. The van der Waals surface area contributed by atoms with Gasteiger partial charge in [0.15, 0.2) is 0 Å². The molecule has 2 rings (SSSR count). The Morgan fingerprint density at radius 3 is 3.19 bits per heavy atom. The maximum absolute atomic E-state index is 5.90. The number of guanidine groups is 1. The normalized spacial score (nSPS) is 13.5. The van der Waals surface area contributed by atoms with Crippen LogP contribution >= 0.6 is 23.5 Å². The van der Waals surface area contributed by atoms with Crippen molar-refractivity contribution < 1.29 is 0 Å². The van der Waals surface area contributed by atoms with E-state index in [1.165, 1.54) is 11.9 Å².